The number of aliphatic hydroxyl groups is 1. The Bertz CT molecular complexity index is 945. The molecule has 0 aromatic carbocycles. The Labute approximate surface area is 314 Å². The maximum atomic E-state index is 10.1. The Kier molecular flexibility index (Phi) is 33.2. The quantitative estimate of drug-likeness (QED) is 0.0924. The first kappa shape index (κ1) is 53.9. The minimum absolute atomic E-state index is 0.903. The lowest BCUT2D eigenvalue weighted by Crippen LogP contribution is -2.54. The van der Waals surface area contributed by atoms with Gasteiger partial charge in [0.15, 0.2) is 0 Å². The Morgan fingerprint density at radius 1 is 0.385 bits per heavy atom. The molecule has 290 valence electrons. The standard InChI is InChI=1S/3C12H20N.C6H8O7/c3*1-5-9-13(10-6-2,11-7-3)12-8-4;7-3(8)1-6(13,5(11)12)2-4(9)10/h3*5-8H,1-4,9-12H2;13H,1-2H2,(H,7,8)(H,9,10)(H,11,12)/q3*+1;/p-3. The van der Waals surface area contributed by atoms with Crippen LogP contribution in [-0.2, 0) is 14.4 Å². The molecular formula is C42H65N3O7. The first-order valence-electron chi connectivity index (χ1n) is 16.7. The lowest BCUT2D eigenvalue weighted by atomic mass is 9.96. The molecule has 52 heavy (non-hydrogen) atoms. The zero-order chi connectivity index (χ0) is 41.1. The molecule has 0 radical (unpaired) electrons. The van der Waals surface area contributed by atoms with E-state index in [-0.39, 0.29) is 0 Å². The second kappa shape index (κ2) is 32.1. The number of aliphatic carboxylic acids is 3. The van der Waals surface area contributed by atoms with Crippen molar-refractivity contribution in [2.45, 2.75) is 18.4 Å². The Balaban J connectivity index is -0.000000295. The molecule has 0 aliphatic carbocycles. The largest absolute Gasteiger partial charge is 0.550 e. The van der Waals surface area contributed by atoms with E-state index in [1.54, 1.807) is 0 Å². The fraction of sp³-hybridized carbons (Fsp3) is 0.357. The third-order valence-electron chi connectivity index (χ3n) is 7.45. The molecule has 0 saturated heterocycles. The molecule has 0 amide bonds. The summed E-state index contributed by atoms with van der Waals surface area (Å²) in [7, 11) is 0. The van der Waals surface area contributed by atoms with Crippen molar-refractivity contribution in [2.75, 3.05) is 78.5 Å². The van der Waals surface area contributed by atoms with E-state index in [9.17, 15) is 29.7 Å². The Hall–Kier alpha value is -4.87. The van der Waals surface area contributed by atoms with Crippen LogP contribution in [-0.4, -0.2) is 121 Å². The predicted molar refractivity (Wildman–Crippen MR) is 211 cm³/mol. The molecule has 0 bridgehead atoms. The van der Waals surface area contributed by atoms with Crippen molar-refractivity contribution in [3.05, 3.63) is 152 Å². The van der Waals surface area contributed by atoms with Gasteiger partial charge in [0.1, 0.15) is 5.60 Å². The summed E-state index contributed by atoms with van der Waals surface area (Å²) < 4.78 is 2.71. The summed E-state index contributed by atoms with van der Waals surface area (Å²) in [6.45, 7) is 56.5. The summed E-state index contributed by atoms with van der Waals surface area (Å²) in [5.74, 6) is -5.98. The van der Waals surface area contributed by atoms with Gasteiger partial charge in [0.2, 0.25) is 0 Å². The van der Waals surface area contributed by atoms with Gasteiger partial charge in [-0.2, -0.15) is 0 Å². The lowest BCUT2D eigenvalue weighted by Gasteiger charge is -2.35. The minimum atomic E-state index is -2.97. The van der Waals surface area contributed by atoms with E-state index in [1.165, 1.54) is 0 Å². The van der Waals surface area contributed by atoms with Gasteiger partial charge < -0.3 is 48.3 Å². The van der Waals surface area contributed by atoms with Crippen LogP contribution in [0, 0.1) is 0 Å². The molecular weight excluding hydrogens is 658 g/mol. The molecule has 0 unspecified atom stereocenters. The molecule has 1 N–H and O–H groups in total. The number of rotatable bonds is 29. The van der Waals surface area contributed by atoms with Crippen LogP contribution in [0.1, 0.15) is 12.8 Å². The van der Waals surface area contributed by atoms with Gasteiger partial charge in [-0.15, -0.1) is 0 Å². The van der Waals surface area contributed by atoms with E-state index in [4.69, 9.17) is 5.11 Å². The maximum absolute atomic E-state index is 10.1. The number of carbonyl (C=O) groups is 3. The first-order valence-corrected chi connectivity index (χ1v) is 16.7. The minimum Gasteiger partial charge on any atom is -0.550 e. The number of quaternary nitrogens is 3. The summed E-state index contributed by atoms with van der Waals surface area (Å²) in [4.78, 5) is 30.0. The molecule has 0 aromatic heterocycles. The van der Waals surface area contributed by atoms with Crippen LogP contribution in [0.3, 0.4) is 0 Å². The normalized spacial score (nSPS) is 10.6. The van der Waals surface area contributed by atoms with Crippen LogP contribution in [0.15, 0.2) is 152 Å². The van der Waals surface area contributed by atoms with E-state index < -0.39 is 36.4 Å². The summed E-state index contributed by atoms with van der Waals surface area (Å²) in [5.41, 5.74) is -2.97. The van der Waals surface area contributed by atoms with Crippen LogP contribution < -0.4 is 15.3 Å². The van der Waals surface area contributed by atoms with Crippen molar-refractivity contribution < 1.29 is 48.3 Å². The highest BCUT2D eigenvalue weighted by molar-refractivity contribution is 5.86. The molecule has 0 saturated carbocycles. The van der Waals surface area contributed by atoms with E-state index >= 15 is 0 Å². The van der Waals surface area contributed by atoms with Gasteiger partial charge in [-0.05, 0) is 72.9 Å². The van der Waals surface area contributed by atoms with Crippen molar-refractivity contribution in [1.29, 1.82) is 0 Å². The molecule has 10 nitrogen and oxygen atoms in total. The Morgan fingerprint density at radius 2 is 0.519 bits per heavy atom. The number of hydrogen-bond donors (Lipinski definition) is 1. The summed E-state index contributed by atoms with van der Waals surface area (Å²) in [6.07, 6.45) is 20.6. The van der Waals surface area contributed by atoms with Gasteiger partial charge in [-0.1, -0.05) is 78.9 Å². The van der Waals surface area contributed by atoms with Crippen LogP contribution in [0.25, 0.3) is 0 Å². The van der Waals surface area contributed by atoms with E-state index in [2.05, 4.69) is 78.9 Å². The number of hydrogen-bond acceptors (Lipinski definition) is 7. The number of carboxylic acids is 3. The number of carbonyl (C=O) groups excluding carboxylic acids is 3. The molecule has 0 heterocycles. The Morgan fingerprint density at radius 3 is 0.596 bits per heavy atom. The fourth-order valence-corrected chi connectivity index (χ4v) is 5.31. The molecule has 0 aromatic rings. The van der Waals surface area contributed by atoms with E-state index in [0.717, 1.165) is 92.0 Å². The highest BCUT2D eigenvalue weighted by atomic mass is 16.4. The third-order valence-corrected chi connectivity index (χ3v) is 7.45. The maximum Gasteiger partial charge on any atom is 0.114 e. The third kappa shape index (κ3) is 25.1. The van der Waals surface area contributed by atoms with Crippen LogP contribution in [0.4, 0.5) is 0 Å². The average molecular weight is 724 g/mol. The summed E-state index contributed by atoms with van der Waals surface area (Å²) >= 11 is 0. The van der Waals surface area contributed by atoms with Gasteiger partial charge in [0, 0.05) is 24.8 Å². The number of carboxylic acid groups (broad SMARTS) is 3. The lowest BCUT2D eigenvalue weighted by molar-refractivity contribution is -0.906. The van der Waals surface area contributed by atoms with Crippen molar-refractivity contribution >= 4 is 17.9 Å². The van der Waals surface area contributed by atoms with Gasteiger partial charge in [0.25, 0.3) is 0 Å². The summed E-state index contributed by atoms with van der Waals surface area (Å²) in [5, 5.41) is 38.9. The highest BCUT2D eigenvalue weighted by Gasteiger charge is 2.29. The number of nitrogens with zero attached hydrogens (tertiary/aromatic N) is 3. The molecule has 0 rings (SSSR count). The predicted octanol–water partition coefficient (Wildman–Crippen LogP) is 2.39. The SMILES string of the molecule is C=CC[N+](CC=C)(CC=C)CC=C.C=CC[N+](CC=C)(CC=C)CC=C.C=CC[N+](CC=C)(CC=C)CC=C.O=C([O-])CC(O)(CC(=O)[O-])C(=O)[O-]. The van der Waals surface area contributed by atoms with Crippen molar-refractivity contribution in [2.24, 2.45) is 0 Å². The topological polar surface area (TPSA) is 141 Å². The van der Waals surface area contributed by atoms with Gasteiger partial charge >= 0.3 is 0 Å². The molecule has 0 fully saturated rings. The molecule has 0 aliphatic heterocycles. The molecule has 0 atom stereocenters. The molecule has 10 heteroatoms. The summed E-state index contributed by atoms with van der Waals surface area (Å²) in [6, 6.07) is 0. The zero-order valence-electron chi connectivity index (χ0n) is 31.6. The monoisotopic (exact) mass is 723 g/mol. The highest BCUT2D eigenvalue weighted by Crippen LogP contribution is 2.13. The first-order chi connectivity index (χ1) is 24.5. The van der Waals surface area contributed by atoms with Crippen LogP contribution >= 0.6 is 0 Å². The van der Waals surface area contributed by atoms with Gasteiger partial charge in [-0.3, -0.25) is 0 Å². The zero-order valence-corrected chi connectivity index (χ0v) is 31.6. The van der Waals surface area contributed by atoms with Crippen LogP contribution in [0.2, 0.25) is 0 Å². The fourth-order valence-electron chi connectivity index (χ4n) is 5.31. The average Bonchev–Trinajstić information content (AvgIpc) is 3.03. The van der Waals surface area contributed by atoms with Crippen molar-refractivity contribution in [1.82, 2.24) is 0 Å². The van der Waals surface area contributed by atoms with Crippen LogP contribution in [0.5, 0.6) is 0 Å². The van der Waals surface area contributed by atoms with Crippen molar-refractivity contribution in [3.63, 3.8) is 0 Å². The second-order valence-electron chi connectivity index (χ2n) is 12.1. The smallest absolute Gasteiger partial charge is 0.114 e. The van der Waals surface area contributed by atoms with E-state index in [0.29, 0.717) is 0 Å². The van der Waals surface area contributed by atoms with Gasteiger partial charge in [-0.25, -0.2) is 0 Å². The van der Waals surface area contributed by atoms with Crippen molar-refractivity contribution in [3.8, 4) is 0 Å². The molecule has 0 spiro atoms. The second-order valence-corrected chi connectivity index (χ2v) is 12.1. The molecule has 0 aliphatic rings. The van der Waals surface area contributed by atoms with E-state index in [1.807, 2.05) is 72.9 Å². The van der Waals surface area contributed by atoms with Gasteiger partial charge in [0.05, 0.1) is 84.5 Å².